The number of primary amides is 1. The maximum Gasteiger partial charge on any atom is 0.226 e. The molecule has 0 saturated heterocycles. The lowest BCUT2D eigenvalue weighted by Crippen LogP contribution is -2.40. The highest BCUT2D eigenvalue weighted by atomic mass is 16.3. The lowest BCUT2D eigenvalue weighted by atomic mass is 9.88. The number of fused-ring (bicyclic) bond motifs is 3. The van der Waals surface area contributed by atoms with Gasteiger partial charge in [-0.3, -0.25) is 4.79 Å². The van der Waals surface area contributed by atoms with Gasteiger partial charge in [-0.05, 0) is 18.4 Å². The van der Waals surface area contributed by atoms with E-state index in [-0.39, 0.29) is 6.04 Å². The maximum absolute atomic E-state index is 11.7. The minimum atomic E-state index is -0.809. The summed E-state index contributed by atoms with van der Waals surface area (Å²) in [5.41, 5.74) is 7.79. The van der Waals surface area contributed by atoms with E-state index >= 15 is 0 Å². The Balaban J connectivity index is 1.85. The zero-order valence-corrected chi connectivity index (χ0v) is 10.9. The van der Waals surface area contributed by atoms with E-state index in [1.165, 1.54) is 0 Å². The molecule has 1 amide bonds. The van der Waals surface area contributed by atoms with Crippen molar-refractivity contribution in [3.05, 3.63) is 42.4 Å². The number of aliphatic hydroxyl groups excluding tert-OH is 1. The van der Waals surface area contributed by atoms with Crippen molar-refractivity contribution in [3.63, 3.8) is 0 Å². The van der Waals surface area contributed by atoms with Crippen molar-refractivity contribution in [3.8, 4) is 11.3 Å². The van der Waals surface area contributed by atoms with Crippen molar-refractivity contribution >= 4 is 5.91 Å². The van der Waals surface area contributed by atoms with E-state index in [9.17, 15) is 9.90 Å². The van der Waals surface area contributed by atoms with Gasteiger partial charge < -0.3 is 15.4 Å². The van der Waals surface area contributed by atoms with Crippen LogP contribution in [0.2, 0.25) is 0 Å². The maximum atomic E-state index is 11.7. The number of aliphatic hydroxyl groups is 1. The summed E-state index contributed by atoms with van der Waals surface area (Å²) in [6.07, 6.45) is 4.00. The second-order valence-electron chi connectivity index (χ2n) is 5.68. The van der Waals surface area contributed by atoms with Gasteiger partial charge in [0.25, 0.3) is 0 Å². The molecular formula is C15H15N3O2. The monoisotopic (exact) mass is 269 g/mol. The van der Waals surface area contributed by atoms with Crippen molar-refractivity contribution in [1.82, 2.24) is 9.55 Å². The molecule has 1 unspecified atom stereocenters. The van der Waals surface area contributed by atoms with Gasteiger partial charge in [-0.1, -0.05) is 24.3 Å². The van der Waals surface area contributed by atoms with Crippen LogP contribution in [0.3, 0.4) is 0 Å². The Morgan fingerprint density at radius 3 is 2.90 bits per heavy atom. The number of carbonyl (C=O) groups excluding carboxylic acids is 1. The van der Waals surface area contributed by atoms with Crippen molar-refractivity contribution < 1.29 is 9.90 Å². The fourth-order valence-corrected chi connectivity index (χ4v) is 3.32. The molecule has 2 aromatic rings. The van der Waals surface area contributed by atoms with Gasteiger partial charge in [-0.2, -0.15) is 0 Å². The van der Waals surface area contributed by atoms with E-state index < -0.39 is 17.4 Å². The van der Waals surface area contributed by atoms with E-state index in [4.69, 9.17) is 5.73 Å². The van der Waals surface area contributed by atoms with Gasteiger partial charge >= 0.3 is 0 Å². The fraction of sp³-hybridized carbons (Fsp3) is 0.333. The molecule has 2 atom stereocenters. The minimum absolute atomic E-state index is 0.279. The summed E-state index contributed by atoms with van der Waals surface area (Å²) in [6.45, 7) is 0. The number of benzene rings is 1. The number of imidazole rings is 1. The predicted octanol–water partition coefficient (Wildman–Crippen LogP) is 1.08. The van der Waals surface area contributed by atoms with E-state index in [0.717, 1.165) is 16.8 Å². The van der Waals surface area contributed by atoms with Gasteiger partial charge in [0.05, 0.1) is 35.8 Å². The fourth-order valence-electron chi connectivity index (χ4n) is 3.32. The summed E-state index contributed by atoms with van der Waals surface area (Å²) < 4.78 is 1.94. The number of rotatable bonds is 3. The first-order valence-corrected chi connectivity index (χ1v) is 6.74. The van der Waals surface area contributed by atoms with Crippen LogP contribution in [0.1, 0.15) is 24.4 Å². The molecule has 0 radical (unpaired) electrons. The van der Waals surface area contributed by atoms with E-state index in [1.54, 1.807) is 12.5 Å². The zero-order valence-electron chi connectivity index (χ0n) is 10.9. The highest BCUT2D eigenvalue weighted by Gasteiger charge is 2.58. The van der Waals surface area contributed by atoms with Crippen LogP contribution >= 0.6 is 0 Å². The Bertz CT molecular complexity index is 703. The highest BCUT2D eigenvalue weighted by molar-refractivity contribution is 5.85. The van der Waals surface area contributed by atoms with Crippen molar-refractivity contribution in [1.29, 1.82) is 0 Å². The van der Waals surface area contributed by atoms with Gasteiger partial charge in [0.1, 0.15) is 0 Å². The molecule has 2 heterocycles. The van der Waals surface area contributed by atoms with Gasteiger partial charge in [0, 0.05) is 5.56 Å². The van der Waals surface area contributed by atoms with Gasteiger partial charge in [0.2, 0.25) is 5.91 Å². The summed E-state index contributed by atoms with van der Waals surface area (Å²) in [5.74, 6) is -0.406. The van der Waals surface area contributed by atoms with Crippen LogP contribution in [0.5, 0.6) is 0 Å². The van der Waals surface area contributed by atoms with Crippen LogP contribution < -0.4 is 5.73 Å². The Morgan fingerprint density at radius 1 is 1.45 bits per heavy atom. The molecule has 1 aliphatic carbocycles. The Kier molecular flexibility index (Phi) is 2.16. The molecule has 3 N–H and O–H groups in total. The molecule has 1 aromatic heterocycles. The number of hydrogen-bond donors (Lipinski definition) is 2. The molecule has 0 spiro atoms. The molecule has 0 bridgehead atoms. The van der Waals surface area contributed by atoms with Gasteiger partial charge in [0.15, 0.2) is 0 Å². The Labute approximate surface area is 116 Å². The third kappa shape index (κ3) is 1.30. The largest absolute Gasteiger partial charge is 0.389 e. The number of hydrogen-bond acceptors (Lipinski definition) is 3. The van der Waals surface area contributed by atoms with Crippen LogP contribution in [0.25, 0.3) is 11.3 Å². The first-order chi connectivity index (χ1) is 9.65. The quantitative estimate of drug-likeness (QED) is 0.874. The van der Waals surface area contributed by atoms with E-state index in [1.807, 2.05) is 28.8 Å². The lowest BCUT2D eigenvalue weighted by Gasteiger charge is -2.27. The molecule has 20 heavy (non-hydrogen) atoms. The SMILES string of the molecule is NC(=O)C1([C@@H](O)C2c3ccccc3-c3cncn32)CC1. The Hall–Kier alpha value is -2.14. The molecule has 4 rings (SSSR count). The number of nitrogens with zero attached hydrogens (tertiary/aromatic N) is 2. The molecule has 1 saturated carbocycles. The number of nitrogens with two attached hydrogens (primary N) is 1. The standard InChI is InChI=1S/C15H15N3O2/c16-14(20)15(5-6-15)13(19)12-10-4-2-1-3-9(10)11-7-17-8-18(11)12/h1-4,7-8,12-13,19H,5-6H2,(H2,16,20)/t12?,13-/m0/s1. The normalized spacial score (nSPS) is 22.9. The van der Waals surface area contributed by atoms with Crippen molar-refractivity contribution in [2.45, 2.75) is 25.0 Å². The predicted molar refractivity (Wildman–Crippen MR) is 72.7 cm³/mol. The second-order valence-corrected chi connectivity index (χ2v) is 5.68. The summed E-state index contributed by atoms with van der Waals surface area (Å²) in [7, 11) is 0. The van der Waals surface area contributed by atoms with Crippen LogP contribution in [-0.4, -0.2) is 26.7 Å². The molecule has 102 valence electrons. The van der Waals surface area contributed by atoms with Crippen LogP contribution in [-0.2, 0) is 4.79 Å². The summed E-state index contributed by atoms with van der Waals surface area (Å²) >= 11 is 0. The van der Waals surface area contributed by atoms with Crippen LogP contribution in [0.4, 0.5) is 0 Å². The van der Waals surface area contributed by atoms with E-state index in [2.05, 4.69) is 4.98 Å². The zero-order chi connectivity index (χ0) is 13.9. The molecule has 1 aliphatic heterocycles. The lowest BCUT2D eigenvalue weighted by molar-refractivity contribution is -0.128. The average molecular weight is 269 g/mol. The summed E-state index contributed by atoms with van der Waals surface area (Å²) in [5, 5.41) is 10.8. The third-order valence-corrected chi connectivity index (χ3v) is 4.67. The molecule has 5 nitrogen and oxygen atoms in total. The highest BCUT2D eigenvalue weighted by Crippen LogP contribution is 2.54. The molecule has 1 aromatic carbocycles. The third-order valence-electron chi connectivity index (χ3n) is 4.67. The van der Waals surface area contributed by atoms with Crippen LogP contribution in [0, 0.1) is 5.41 Å². The van der Waals surface area contributed by atoms with E-state index in [0.29, 0.717) is 12.8 Å². The van der Waals surface area contributed by atoms with Crippen molar-refractivity contribution in [2.75, 3.05) is 0 Å². The summed E-state index contributed by atoms with van der Waals surface area (Å²) in [6, 6.07) is 7.64. The second kappa shape index (κ2) is 3.70. The molecular weight excluding hydrogens is 254 g/mol. The smallest absolute Gasteiger partial charge is 0.226 e. The van der Waals surface area contributed by atoms with Gasteiger partial charge in [-0.15, -0.1) is 0 Å². The molecule has 2 aliphatic rings. The van der Waals surface area contributed by atoms with Gasteiger partial charge in [-0.25, -0.2) is 4.98 Å². The molecule has 1 fully saturated rings. The first-order valence-electron chi connectivity index (χ1n) is 6.74. The molecule has 5 heteroatoms. The van der Waals surface area contributed by atoms with Crippen molar-refractivity contribution in [2.24, 2.45) is 11.1 Å². The number of carbonyl (C=O) groups is 1. The number of aromatic nitrogens is 2. The Morgan fingerprint density at radius 2 is 2.20 bits per heavy atom. The van der Waals surface area contributed by atoms with Crippen LogP contribution in [0.15, 0.2) is 36.8 Å². The number of amides is 1. The topological polar surface area (TPSA) is 81.1 Å². The summed E-state index contributed by atoms with van der Waals surface area (Å²) in [4.78, 5) is 15.8. The first kappa shape index (κ1) is 11.7. The average Bonchev–Trinajstić information content (AvgIpc) is 3.03. The minimum Gasteiger partial charge on any atom is -0.389 e.